The van der Waals surface area contributed by atoms with Crippen molar-refractivity contribution in [2.75, 3.05) is 7.05 Å². The monoisotopic (exact) mass is 228 g/mol. The molecule has 0 bridgehead atoms. The molecule has 1 aromatic rings. The van der Waals surface area contributed by atoms with Crippen LogP contribution in [0.15, 0.2) is 47.5 Å². The van der Waals surface area contributed by atoms with Gasteiger partial charge in [0, 0.05) is 13.5 Å². The fourth-order valence-corrected chi connectivity index (χ4v) is 2.10. The second kappa shape index (κ2) is 5.67. The molecular formula is C15H18NO. The van der Waals surface area contributed by atoms with Crippen molar-refractivity contribution in [1.82, 2.24) is 0 Å². The molecule has 17 heavy (non-hydrogen) atoms. The molecule has 2 atom stereocenters. The van der Waals surface area contributed by atoms with Gasteiger partial charge in [0.2, 0.25) is 5.90 Å². The number of hydrogen-bond acceptors (Lipinski definition) is 1. The van der Waals surface area contributed by atoms with E-state index in [2.05, 4.69) is 47.5 Å². The highest BCUT2D eigenvalue weighted by molar-refractivity contribution is 5.73. The molecule has 1 saturated carbocycles. The van der Waals surface area contributed by atoms with E-state index in [9.17, 15) is 5.11 Å². The van der Waals surface area contributed by atoms with Crippen molar-refractivity contribution in [3.05, 3.63) is 48.0 Å². The van der Waals surface area contributed by atoms with Crippen molar-refractivity contribution in [2.24, 2.45) is 10.9 Å². The molecular weight excluding hydrogens is 210 g/mol. The van der Waals surface area contributed by atoms with Crippen LogP contribution in [-0.4, -0.2) is 12.9 Å². The summed E-state index contributed by atoms with van der Waals surface area (Å²) >= 11 is 0. The van der Waals surface area contributed by atoms with Crippen molar-refractivity contribution in [2.45, 2.75) is 25.2 Å². The molecule has 0 N–H and O–H groups in total. The molecule has 2 rings (SSSR count). The van der Waals surface area contributed by atoms with E-state index in [0.29, 0.717) is 18.3 Å². The first kappa shape index (κ1) is 11.9. The van der Waals surface area contributed by atoms with Crippen LogP contribution in [0.25, 0.3) is 0 Å². The number of nitrogens with zero attached hydrogens (tertiary/aromatic N) is 1. The smallest absolute Gasteiger partial charge is 0.241 e. The fourth-order valence-electron chi connectivity index (χ4n) is 2.10. The highest BCUT2D eigenvalue weighted by Gasteiger charge is 2.35. The van der Waals surface area contributed by atoms with Gasteiger partial charge in [0.05, 0.1) is 0 Å². The number of allylic oxidation sites excluding steroid dienone is 2. The number of rotatable bonds is 5. The minimum Gasteiger partial charge on any atom is -0.273 e. The van der Waals surface area contributed by atoms with Gasteiger partial charge < -0.3 is 0 Å². The molecule has 0 spiro atoms. The molecule has 0 aliphatic heterocycles. The Morgan fingerprint density at radius 1 is 1.41 bits per heavy atom. The van der Waals surface area contributed by atoms with E-state index < -0.39 is 0 Å². The van der Waals surface area contributed by atoms with Crippen molar-refractivity contribution >= 4 is 5.90 Å². The lowest BCUT2D eigenvalue weighted by molar-refractivity contribution is 0.411. The zero-order valence-electron chi connectivity index (χ0n) is 10.2. The van der Waals surface area contributed by atoms with Gasteiger partial charge in [0.25, 0.3) is 0 Å². The molecule has 0 amide bonds. The van der Waals surface area contributed by atoms with Crippen LogP contribution in [0.5, 0.6) is 0 Å². The normalized spacial score (nSPS) is 24.2. The van der Waals surface area contributed by atoms with E-state index in [1.54, 1.807) is 7.05 Å². The lowest BCUT2D eigenvalue weighted by Crippen LogP contribution is -1.91. The zero-order valence-corrected chi connectivity index (χ0v) is 10.2. The summed E-state index contributed by atoms with van der Waals surface area (Å²) in [6.07, 6.45) is 6.97. The third-order valence-corrected chi connectivity index (χ3v) is 3.23. The highest BCUT2D eigenvalue weighted by Crippen LogP contribution is 2.48. The number of benzene rings is 1. The highest BCUT2D eigenvalue weighted by atomic mass is 16.3. The first-order valence-electron chi connectivity index (χ1n) is 6.15. The largest absolute Gasteiger partial charge is 0.273 e. The summed E-state index contributed by atoms with van der Waals surface area (Å²) in [6.45, 7) is 0. The van der Waals surface area contributed by atoms with Gasteiger partial charge in [-0.3, -0.25) is 10.1 Å². The second-order valence-corrected chi connectivity index (χ2v) is 4.50. The predicted octanol–water partition coefficient (Wildman–Crippen LogP) is 3.59. The van der Waals surface area contributed by atoms with Crippen LogP contribution >= 0.6 is 0 Å². The molecule has 1 fully saturated rings. The van der Waals surface area contributed by atoms with E-state index in [-0.39, 0.29) is 5.90 Å². The van der Waals surface area contributed by atoms with Crippen LogP contribution < -0.4 is 0 Å². The van der Waals surface area contributed by atoms with Crippen LogP contribution in [-0.2, 0) is 5.11 Å². The van der Waals surface area contributed by atoms with Crippen LogP contribution in [0, 0.1) is 5.92 Å². The Labute approximate surface area is 103 Å². The van der Waals surface area contributed by atoms with Gasteiger partial charge in [0.15, 0.2) is 0 Å². The van der Waals surface area contributed by atoms with Gasteiger partial charge in [-0.2, -0.15) is 0 Å². The molecule has 1 radical (unpaired) electrons. The lowest BCUT2D eigenvalue weighted by Gasteiger charge is -1.96. The molecule has 0 heterocycles. The summed E-state index contributed by atoms with van der Waals surface area (Å²) < 4.78 is 0. The summed E-state index contributed by atoms with van der Waals surface area (Å²) in [7, 11) is 1.55. The van der Waals surface area contributed by atoms with Gasteiger partial charge in [0.1, 0.15) is 0 Å². The zero-order chi connectivity index (χ0) is 12.1. The molecule has 1 aliphatic carbocycles. The van der Waals surface area contributed by atoms with Gasteiger partial charge in [-0.25, -0.2) is 0 Å². The molecule has 2 nitrogen and oxygen atoms in total. The Kier molecular flexibility index (Phi) is 3.97. The van der Waals surface area contributed by atoms with Crippen LogP contribution in [0.1, 0.15) is 30.7 Å². The Bertz CT molecular complexity index is 408. The quantitative estimate of drug-likeness (QED) is 0.419. The SMILES string of the molecule is CN=C([O])CC/C=C/[C@@H]1C[C@H]1c1ccccc1. The van der Waals surface area contributed by atoms with E-state index in [1.165, 1.54) is 12.0 Å². The van der Waals surface area contributed by atoms with E-state index in [0.717, 1.165) is 6.42 Å². The van der Waals surface area contributed by atoms with E-state index >= 15 is 0 Å². The first-order valence-corrected chi connectivity index (χ1v) is 6.15. The van der Waals surface area contributed by atoms with Crippen molar-refractivity contribution in [1.29, 1.82) is 0 Å². The predicted molar refractivity (Wildman–Crippen MR) is 69.7 cm³/mol. The molecule has 2 heteroatoms. The lowest BCUT2D eigenvalue weighted by atomic mass is 10.1. The van der Waals surface area contributed by atoms with Gasteiger partial charge in [-0.15, -0.1) is 0 Å². The van der Waals surface area contributed by atoms with Gasteiger partial charge >= 0.3 is 0 Å². The third kappa shape index (κ3) is 3.45. The molecule has 1 aromatic carbocycles. The van der Waals surface area contributed by atoms with Crippen molar-refractivity contribution in [3.63, 3.8) is 0 Å². The third-order valence-electron chi connectivity index (χ3n) is 3.23. The summed E-state index contributed by atoms with van der Waals surface area (Å²) in [4.78, 5) is 3.61. The van der Waals surface area contributed by atoms with Gasteiger partial charge in [-0.1, -0.05) is 42.5 Å². The second-order valence-electron chi connectivity index (χ2n) is 4.50. The maximum absolute atomic E-state index is 11.0. The van der Waals surface area contributed by atoms with Crippen LogP contribution in [0.3, 0.4) is 0 Å². The summed E-state index contributed by atoms with van der Waals surface area (Å²) in [5, 5.41) is 11.0. The minimum absolute atomic E-state index is 0.00921. The number of hydrogen-bond donors (Lipinski definition) is 0. The maximum atomic E-state index is 11.0. The Hall–Kier alpha value is -1.57. The van der Waals surface area contributed by atoms with Crippen LogP contribution in [0.4, 0.5) is 0 Å². The average molecular weight is 228 g/mol. The number of aliphatic imine (C=N–C) groups is 1. The standard InChI is InChI=1S/C15H18NO/c1-16-15(17)10-6-5-9-13-11-14(13)12-7-3-2-4-8-12/h2-5,7-9,13-14H,6,10-11H2,1H3/b9-5+,16-15?/t13-,14+/m1/s1. The first-order chi connectivity index (χ1) is 8.31. The fraction of sp³-hybridized carbons (Fsp3) is 0.400. The molecule has 0 aromatic heterocycles. The Morgan fingerprint density at radius 2 is 2.18 bits per heavy atom. The molecule has 89 valence electrons. The van der Waals surface area contributed by atoms with E-state index in [4.69, 9.17) is 0 Å². The molecule has 0 saturated heterocycles. The van der Waals surface area contributed by atoms with Crippen LogP contribution in [0.2, 0.25) is 0 Å². The summed E-state index contributed by atoms with van der Waals surface area (Å²) in [5.74, 6) is 1.36. The van der Waals surface area contributed by atoms with E-state index in [1.807, 2.05) is 0 Å². The molecule has 1 aliphatic rings. The maximum Gasteiger partial charge on any atom is 0.241 e. The average Bonchev–Trinajstić information content (AvgIpc) is 3.15. The minimum atomic E-state index is -0.00921. The van der Waals surface area contributed by atoms with Crippen molar-refractivity contribution < 1.29 is 5.11 Å². The van der Waals surface area contributed by atoms with Gasteiger partial charge in [-0.05, 0) is 30.2 Å². The Balaban J connectivity index is 1.75. The summed E-state index contributed by atoms with van der Waals surface area (Å²) in [6, 6.07) is 10.6. The topological polar surface area (TPSA) is 32.3 Å². The Morgan fingerprint density at radius 3 is 2.88 bits per heavy atom. The van der Waals surface area contributed by atoms with Crippen molar-refractivity contribution in [3.8, 4) is 0 Å². The molecule has 0 unspecified atom stereocenters. The summed E-state index contributed by atoms with van der Waals surface area (Å²) in [5.41, 5.74) is 1.43.